The molecule has 1 aromatic rings. The van der Waals surface area contributed by atoms with Crippen molar-refractivity contribution in [2.75, 3.05) is 11.5 Å². The van der Waals surface area contributed by atoms with Crippen LogP contribution in [0.25, 0.3) is 0 Å². The molecule has 0 saturated carbocycles. The average molecular weight is 365 g/mol. The van der Waals surface area contributed by atoms with Crippen LogP contribution in [0, 0.1) is 10.1 Å². The fraction of sp³-hybridized carbons (Fsp3) is 0.375. The van der Waals surface area contributed by atoms with E-state index in [0.29, 0.717) is 5.56 Å². The Morgan fingerprint density at radius 1 is 1.21 bits per heavy atom. The number of thioether (sulfide) groups is 2. The van der Waals surface area contributed by atoms with Crippen molar-refractivity contribution in [3.05, 3.63) is 50.3 Å². The number of allylic oxidation sites excluding steroid dienone is 1. The van der Waals surface area contributed by atoms with Gasteiger partial charge in [-0.15, -0.1) is 23.5 Å². The Bertz CT molecular complexity index is 622. The Morgan fingerprint density at radius 2 is 1.88 bits per heavy atom. The number of carbonyl (C=O) groups excluding carboxylic acids is 1. The smallest absolute Gasteiger partial charge is 0.267 e. The van der Waals surface area contributed by atoms with Crippen molar-refractivity contribution in [3.8, 4) is 0 Å². The number of benzene rings is 1. The summed E-state index contributed by atoms with van der Waals surface area (Å²) in [6, 6.07) is 5.42. The summed E-state index contributed by atoms with van der Waals surface area (Å²) in [6.45, 7) is 0. The molecule has 0 aliphatic carbocycles. The predicted molar refractivity (Wildman–Crippen MR) is 101 cm³/mol. The van der Waals surface area contributed by atoms with Gasteiger partial charge >= 0.3 is 0 Å². The molecular weight excluding hydrogens is 346 g/mol. The van der Waals surface area contributed by atoms with Crippen molar-refractivity contribution in [2.24, 2.45) is 5.10 Å². The molecule has 128 valence electrons. The molecule has 6 nitrogen and oxygen atoms in total. The number of unbranched alkanes of at least 4 members (excludes halogenated alkanes) is 3. The van der Waals surface area contributed by atoms with Crippen LogP contribution in [0.5, 0.6) is 0 Å². The second kappa shape index (κ2) is 10.1. The van der Waals surface area contributed by atoms with Gasteiger partial charge in [0.25, 0.3) is 11.6 Å². The van der Waals surface area contributed by atoms with E-state index >= 15 is 0 Å². The number of nitrogens with zero attached hydrogens (tertiary/aromatic N) is 2. The van der Waals surface area contributed by atoms with Crippen LogP contribution in [0.1, 0.15) is 36.0 Å². The fourth-order valence-corrected chi connectivity index (χ4v) is 4.39. The number of nitro groups is 1. The quantitative estimate of drug-likeness (QED) is 0.323. The maximum absolute atomic E-state index is 11.8. The normalized spacial score (nSPS) is 14.1. The van der Waals surface area contributed by atoms with Crippen LogP contribution in [0.15, 0.2) is 39.7 Å². The topological polar surface area (TPSA) is 84.6 Å². The first-order chi connectivity index (χ1) is 11.7. The summed E-state index contributed by atoms with van der Waals surface area (Å²) >= 11 is 3.86. The fourth-order valence-electron chi connectivity index (χ4n) is 2.01. The van der Waals surface area contributed by atoms with Gasteiger partial charge in [0.2, 0.25) is 0 Å². The molecule has 0 atom stereocenters. The molecule has 0 aromatic heterocycles. The Morgan fingerprint density at radius 3 is 2.54 bits per heavy atom. The number of hydrogen-bond acceptors (Lipinski definition) is 6. The lowest BCUT2D eigenvalue weighted by Crippen LogP contribution is -2.17. The van der Waals surface area contributed by atoms with Crippen molar-refractivity contribution in [1.29, 1.82) is 0 Å². The Balaban J connectivity index is 1.61. The van der Waals surface area contributed by atoms with Gasteiger partial charge in [0.1, 0.15) is 0 Å². The number of non-ortho nitro benzene ring substituents is 1. The lowest BCUT2D eigenvalue weighted by Gasteiger charge is -1.99. The zero-order chi connectivity index (χ0) is 17.2. The minimum Gasteiger partial charge on any atom is -0.267 e. The number of nitrogens with one attached hydrogen (secondary N) is 1. The van der Waals surface area contributed by atoms with Gasteiger partial charge in [-0.25, -0.2) is 5.43 Å². The van der Waals surface area contributed by atoms with E-state index < -0.39 is 4.92 Å². The number of rotatable bonds is 8. The molecule has 1 saturated heterocycles. The number of nitro benzene ring substituents is 1. The molecule has 2 rings (SSSR count). The summed E-state index contributed by atoms with van der Waals surface area (Å²) < 4.78 is 1.44. The Labute approximate surface area is 149 Å². The van der Waals surface area contributed by atoms with Gasteiger partial charge in [-0.3, -0.25) is 14.9 Å². The van der Waals surface area contributed by atoms with Crippen LogP contribution in [0.4, 0.5) is 5.69 Å². The molecule has 1 fully saturated rings. The van der Waals surface area contributed by atoms with Crippen molar-refractivity contribution in [3.63, 3.8) is 0 Å². The van der Waals surface area contributed by atoms with Gasteiger partial charge in [-0.1, -0.05) is 6.08 Å². The van der Waals surface area contributed by atoms with Crippen LogP contribution in [-0.4, -0.2) is 28.6 Å². The highest BCUT2D eigenvalue weighted by molar-refractivity contribution is 8.25. The van der Waals surface area contributed by atoms with Gasteiger partial charge in [0.15, 0.2) is 0 Å². The number of hydrogen-bond donors (Lipinski definition) is 1. The molecule has 0 radical (unpaired) electrons. The third-order valence-corrected chi connectivity index (χ3v) is 5.95. The first-order valence-corrected chi connectivity index (χ1v) is 9.66. The molecule has 1 aliphatic heterocycles. The van der Waals surface area contributed by atoms with Gasteiger partial charge in [-0.05, 0) is 37.8 Å². The summed E-state index contributed by atoms with van der Waals surface area (Å²) in [5.41, 5.74) is 2.73. The van der Waals surface area contributed by atoms with Crippen LogP contribution in [-0.2, 0) is 0 Å². The number of amides is 1. The summed E-state index contributed by atoms with van der Waals surface area (Å²) in [7, 11) is 0. The number of carbonyl (C=O) groups is 1. The second-order valence-corrected chi connectivity index (χ2v) is 7.59. The van der Waals surface area contributed by atoms with Crippen molar-refractivity contribution >= 4 is 41.3 Å². The monoisotopic (exact) mass is 365 g/mol. The number of hydrazone groups is 1. The Kier molecular flexibility index (Phi) is 7.84. The van der Waals surface area contributed by atoms with Gasteiger partial charge in [0, 0.05) is 39.7 Å². The van der Waals surface area contributed by atoms with Crippen LogP contribution >= 0.6 is 23.5 Å². The molecule has 1 aliphatic rings. The average Bonchev–Trinajstić information content (AvgIpc) is 3.10. The molecule has 1 aromatic carbocycles. The maximum atomic E-state index is 11.8. The summed E-state index contributed by atoms with van der Waals surface area (Å²) in [5, 5.41) is 14.4. The summed E-state index contributed by atoms with van der Waals surface area (Å²) in [6.07, 6.45) is 8.01. The maximum Gasteiger partial charge on any atom is 0.271 e. The van der Waals surface area contributed by atoms with Gasteiger partial charge < -0.3 is 0 Å². The lowest BCUT2D eigenvalue weighted by molar-refractivity contribution is -0.384. The molecule has 1 amide bonds. The third-order valence-electron chi connectivity index (χ3n) is 3.27. The molecule has 8 heteroatoms. The SMILES string of the molecule is O=C(N/N=C/CCCCC=C1SCCS1)c1ccc([N+](=O)[O-])cc1. The van der Waals surface area contributed by atoms with Crippen LogP contribution in [0.2, 0.25) is 0 Å². The van der Waals surface area contributed by atoms with E-state index in [2.05, 4.69) is 16.6 Å². The van der Waals surface area contributed by atoms with E-state index in [1.807, 2.05) is 23.5 Å². The van der Waals surface area contributed by atoms with Crippen molar-refractivity contribution in [2.45, 2.75) is 25.7 Å². The van der Waals surface area contributed by atoms with Crippen LogP contribution < -0.4 is 5.43 Å². The molecule has 0 unspecified atom stereocenters. The standard InChI is InChI=1S/C16H19N3O3S2/c20-16(13-6-8-14(9-7-13)19(21)22)18-17-10-4-2-1-3-5-15-23-11-12-24-15/h5-10H,1-4,11-12H2,(H,18,20)/b17-10+. The van der Waals surface area contributed by atoms with E-state index in [1.54, 1.807) is 6.21 Å². The van der Waals surface area contributed by atoms with Crippen molar-refractivity contribution in [1.82, 2.24) is 5.43 Å². The lowest BCUT2D eigenvalue weighted by atomic mass is 10.2. The van der Waals surface area contributed by atoms with E-state index in [1.165, 1.54) is 40.0 Å². The first-order valence-electron chi connectivity index (χ1n) is 7.69. The Hall–Kier alpha value is -1.80. The minimum atomic E-state index is -0.500. The second-order valence-electron chi connectivity index (χ2n) is 5.06. The van der Waals surface area contributed by atoms with E-state index in [4.69, 9.17) is 0 Å². The van der Waals surface area contributed by atoms with Crippen molar-refractivity contribution < 1.29 is 9.72 Å². The molecular formula is C16H19N3O3S2. The highest BCUT2D eigenvalue weighted by atomic mass is 32.2. The molecule has 0 bridgehead atoms. The first kappa shape index (κ1) is 18.5. The van der Waals surface area contributed by atoms with Crippen LogP contribution in [0.3, 0.4) is 0 Å². The predicted octanol–water partition coefficient (Wildman–Crippen LogP) is 4.19. The van der Waals surface area contributed by atoms with E-state index in [-0.39, 0.29) is 11.6 Å². The van der Waals surface area contributed by atoms with E-state index in [9.17, 15) is 14.9 Å². The summed E-state index contributed by atoms with van der Waals surface area (Å²) in [4.78, 5) is 21.9. The van der Waals surface area contributed by atoms with Gasteiger partial charge in [-0.2, -0.15) is 5.10 Å². The highest BCUT2D eigenvalue weighted by Crippen LogP contribution is 2.36. The van der Waals surface area contributed by atoms with E-state index in [0.717, 1.165) is 25.7 Å². The summed E-state index contributed by atoms with van der Waals surface area (Å²) in [5.74, 6) is 2.07. The van der Waals surface area contributed by atoms with Gasteiger partial charge in [0.05, 0.1) is 4.92 Å². The minimum absolute atomic E-state index is 0.0422. The molecule has 24 heavy (non-hydrogen) atoms. The molecule has 1 heterocycles. The zero-order valence-corrected chi connectivity index (χ0v) is 14.8. The third kappa shape index (κ3) is 6.37. The zero-order valence-electron chi connectivity index (χ0n) is 13.1. The molecule has 1 N–H and O–H groups in total. The molecule has 0 spiro atoms. The highest BCUT2D eigenvalue weighted by Gasteiger charge is 2.08. The largest absolute Gasteiger partial charge is 0.271 e.